The maximum Gasteiger partial charge on any atom is 0.356 e. The number of ether oxygens (including phenoxy) is 1. The summed E-state index contributed by atoms with van der Waals surface area (Å²) in [6.07, 6.45) is -0.272. The first-order valence-corrected chi connectivity index (χ1v) is 5.92. The lowest BCUT2D eigenvalue weighted by Crippen LogP contribution is -2.17. The van der Waals surface area contributed by atoms with Crippen LogP contribution in [0.3, 0.4) is 0 Å². The molecule has 0 aliphatic carbocycles. The average Bonchev–Trinajstić information content (AvgIpc) is 2.85. The zero-order valence-electron chi connectivity index (χ0n) is 10.2. The van der Waals surface area contributed by atoms with E-state index >= 15 is 0 Å². The van der Waals surface area contributed by atoms with Gasteiger partial charge in [0.1, 0.15) is 0 Å². The number of hydrogen-bond donors (Lipinski definition) is 2. The van der Waals surface area contributed by atoms with E-state index in [9.17, 15) is 13.6 Å². The molecule has 2 heterocycles. The van der Waals surface area contributed by atoms with E-state index in [4.69, 9.17) is 9.84 Å². The minimum Gasteiger partial charge on any atom is -0.476 e. The van der Waals surface area contributed by atoms with E-state index in [0.29, 0.717) is 16.8 Å². The number of carbonyl (C=O) groups is 1. The van der Waals surface area contributed by atoms with Gasteiger partial charge in [-0.25, -0.2) is 13.6 Å². The molecule has 1 unspecified atom stereocenters. The highest BCUT2D eigenvalue weighted by molar-refractivity contribution is 5.87. The topological polar surface area (TPSA) is 75.2 Å². The molecule has 0 spiro atoms. The lowest BCUT2D eigenvalue weighted by Gasteiger charge is -2.23. The zero-order valence-corrected chi connectivity index (χ0v) is 10.2. The van der Waals surface area contributed by atoms with E-state index in [1.807, 2.05) is 0 Å². The third-order valence-electron chi connectivity index (χ3n) is 3.29. The van der Waals surface area contributed by atoms with E-state index in [1.54, 1.807) is 0 Å². The zero-order chi connectivity index (χ0) is 14.3. The molecule has 5 nitrogen and oxygen atoms in total. The third kappa shape index (κ3) is 2.05. The molecule has 7 heteroatoms. The van der Waals surface area contributed by atoms with Crippen molar-refractivity contribution in [1.82, 2.24) is 10.2 Å². The molecule has 1 aromatic heterocycles. The minimum atomic E-state index is -1.13. The number of aromatic nitrogens is 2. The maximum absolute atomic E-state index is 13.2. The van der Waals surface area contributed by atoms with Crippen LogP contribution in [0.5, 0.6) is 0 Å². The monoisotopic (exact) mass is 280 g/mol. The smallest absolute Gasteiger partial charge is 0.356 e. The number of carboxylic acids is 1. The maximum atomic E-state index is 13.2. The molecule has 1 aromatic carbocycles. The Morgan fingerprint density at radius 1 is 1.40 bits per heavy atom. The molecule has 20 heavy (non-hydrogen) atoms. The van der Waals surface area contributed by atoms with Crippen molar-refractivity contribution >= 4 is 5.97 Å². The summed E-state index contributed by atoms with van der Waals surface area (Å²) in [7, 11) is 0. The fraction of sp³-hybridized carbons (Fsp3) is 0.231. The Hall–Kier alpha value is -2.28. The van der Waals surface area contributed by atoms with Crippen LogP contribution in [0.1, 0.15) is 33.4 Å². The number of aromatic amines is 1. The first-order chi connectivity index (χ1) is 9.56. The summed E-state index contributed by atoms with van der Waals surface area (Å²) < 4.78 is 31.7. The third-order valence-corrected chi connectivity index (χ3v) is 3.29. The van der Waals surface area contributed by atoms with Gasteiger partial charge >= 0.3 is 5.97 Å². The molecule has 0 amide bonds. The summed E-state index contributed by atoms with van der Waals surface area (Å²) in [4.78, 5) is 11.0. The fourth-order valence-corrected chi connectivity index (χ4v) is 2.27. The highest BCUT2D eigenvalue weighted by Gasteiger charge is 2.28. The van der Waals surface area contributed by atoms with E-state index in [1.165, 1.54) is 6.07 Å². The molecule has 1 aliphatic heterocycles. The Balaban J connectivity index is 1.93. The van der Waals surface area contributed by atoms with Crippen LogP contribution in [-0.2, 0) is 17.8 Å². The van der Waals surface area contributed by atoms with Crippen LogP contribution in [-0.4, -0.2) is 21.3 Å². The van der Waals surface area contributed by atoms with Crippen molar-refractivity contribution in [3.05, 3.63) is 52.3 Å². The number of hydrogen-bond acceptors (Lipinski definition) is 3. The number of nitrogens with one attached hydrogen (secondary N) is 1. The van der Waals surface area contributed by atoms with Crippen LogP contribution in [0.25, 0.3) is 0 Å². The van der Waals surface area contributed by atoms with Crippen LogP contribution in [0.4, 0.5) is 8.78 Å². The molecule has 0 radical (unpaired) electrons. The van der Waals surface area contributed by atoms with Crippen molar-refractivity contribution in [2.75, 3.05) is 0 Å². The number of benzene rings is 1. The van der Waals surface area contributed by atoms with Gasteiger partial charge in [0, 0.05) is 12.0 Å². The number of rotatable bonds is 2. The van der Waals surface area contributed by atoms with Gasteiger partial charge < -0.3 is 9.84 Å². The second kappa shape index (κ2) is 4.68. The van der Waals surface area contributed by atoms with Gasteiger partial charge in [0.25, 0.3) is 0 Å². The van der Waals surface area contributed by atoms with Gasteiger partial charge in [-0.1, -0.05) is 6.07 Å². The van der Waals surface area contributed by atoms with Crippen LogP contribution < -0.4 is 0 Å². The molecule has 3 rings (SSSR count). The molecule has 0 fully saturated rings. The van der Waals surface area contributed by atoms with Gasteiger partial charge in [-0.2, -0.15) is 5.10 Å². The summed E-state index contributed by atoms with van der Waals surface area (Å²) in [5.74, 6) is -3.02. The summed E-state index contributed by atoms with van der Waals surface area (Å²) in [6, 6.07) is 3.51. The molecule has 104 valence electrons. The predicted octanol–water partition coefficient (Wildman–Crippen LogP) is 2.20. The second-order valence-electron chi connectivity index (χ2n) is 4.51. The van der Waals surface area contributed by atoms with Crippen molar-refractivity contribution in [2.24, 2.45) is 0 Å². The standard InChI is InChI=1S/C13H10F2N2O3/c14-8-2-1-6(3-9(8)15)11-4-7-10(5-20-11)16-17-12(7)13(18)19/h1-3,11H,4-5H2,(H,16,17)(H,18,19). The summed E-state index contributed by atoms with van der Waals surface area (Å²) in [5.41, 5.74) is 1.54. The number of halogens is 2. The van der Waals surface area contributed by atoms with Gasteiger partial charge in [0.05, 0.1) is 18.4 Å². The van der Waals surface area contributed by atoms with Crippen LogP contribution >= 0.6 is 0 Å². The normalized spacial score (nSPS) is 17.8. The lowest BCUT2D eigenvalue weighted by molar-refractivity contribution is 0.0250. The molecule has 1 atom stereocenters. The number of aromatic carboxylic acids is 1. The van der Waals surface area contributed by atoms with Crippen LogP contribution in [0.15, 0.2) is 18.2 Å². The van der Waals surface area contributed by atoms with E-state index in [0.717, 1.165) is 12.1 Å². The summed E-state index contributed by atoms with van der Waals surface area (Å²) >= 11 is 0. The van der Waals surface area contributed by atoms with Crippen molar-refractivity contribution in [3.8, 4) is 0 Å². The highest BCUT2D eigenvalue weighted by atomic mass is 19.2. The molecule has 1 aliphatic rings. The highest BCUT2D eigenvalue weighted by Crippen LogP contribution is 2.31. The Labute approximate surface area is 112 Å². The van der Waals surface area contributed by atoms with Crippen molar-refractivity contribution in [3.63, 3.8) is 0 Å². The minimum absolute atomic E-state index is 0.0594. The Morgan fingerprint density at radius 3 is 2.90 bits per heavy atom. The van der Waals surface area contributed by atoms with Crippen molar-refractivity contribution in [1.29, 1.82) is 0 Å². The van der Waals surface area contributed by atoms with Gasteiger partial charge in [-0.15, -0.1) is 0 Å². The Morgan fingerprint density at radius 2 is 2.20 bits per heavy atom. The number of H-pyrrole nitrogens is 1. The van der Waals surface area contributed by atoms with Gasteiger partial charge in [0.15, 0.2) is 17.3 Å². The first-order valence-electron chi connectivity index (χ1n) is 5.92. The Kier molecular flexibility index (Phi) is 2.98. The van der Waals surface area contributed by atoms with Gasteiger partial charge in [-0.05, 0) is 17.7 Å². The van der Waals surface area contributed by atoms with E-state index in [-0.39, 0.29) is 18.7 Å². The molecule has 0 saturated heterocycles. The number of nitrogens with zero attached hydrogens (tertiary/aromatic N) is 1. The first kappa shape index (κ1) is 12.7. The largest absolute Gasteiger partial charge is 0.476 e. The predicted molar refractivity (Wildman–Crippen MR) is 63.1 cm³/mol. The quantitative estimate of drug-likeness (QED) is 0.884. The van der Waals surface area contributed by atoms with Gasteiger partial charge in [0.2, 0.25) is 0 Å². The lowest BCUT2D eigenvalue weighted by atomic mass is 9.97. The molecular formula is C13H10F2N2O3. The number of fused-ring (bicyclic) bond motifs is 1. The molecule has 2 aromatic rings. The van der Waals surface area contributed by atoms with Crippen LogP contribution in [0.2, 0.25) is 0 Å². The Bertz CT molecular complexity index is 684. The molecule has 0 bridgehead atoms. The van der Waals surface area contributed by atoms with Crippen molar-refractivity contribution < 1.29 is 23.4 Å². The summed E-state index contributed by atoms with van der Waals surface area (Å²) in [6.45, 7) is 0.152. The molecular weight excluding hydrogens is 270 g/mol. The second-order valence-corrected chi connectivity index (χ2v) is 4.51. The SMILES string of the molecule is O=C(O)c1n[nH]c2c1CC(c1ccc(F)c(F)c1)OC2. The van der Waals surface area contributed by atoms with Crippen molar-refractivity contribution in [2.45, 2.75) is 19.1 Å². The molecule has 2 N–H and O–H groups in total. The van der Waals surface area contributed by atoms with Crippen LogP contribution in [0, 0.1) is 11.6 Å². The fourth-order valence-electron chi connectivity index (χ4n) is 2.27. The number of carboxylic acid groups (broad SMARTS) is 1. The van der Waals surface area contributed by atoms with E-state index in [2.05, 4.69) is 10.2 Å². The van der Waals surface area contributed by atoms with E-state index < -0.39 is 23.7 Å². The summed E-state index contributed by atoms with van der Waals surface area (Å²) in [5, 5.41) is 15.4. The van der Waals surface area contributed by atoms with Gasteiger partial charge in [-0.3, -0.25) is 5.10 Å². The molecule has 0 saturated carbocycles. The average molecular weight is 280 g/mol.